The first-order valence-corrected chi connectivity index (χ1v) is 9.34. The molecule has 1 amide bonds. The van der Waals surface area contributed by atoms with Crippen molar-refractivity contribution in [1.82, 2.24) is 5.32 Å². The quantitative estimate of drug-likeness (QED) is 0.631. The summed E-state index contributed by atoms with van der Waals surface area (Å²) in [4.78, 5) is 25.0. The van der Waals surface area contributed by atoms with Crippen molar-refractivity contribution in [3.8, 4) is 0 Å². The largest absolute Gasteiger partial charge is 0.371 e. The zero-order chi connectivity index (χ0) is 19.4. The van der Waals surface area contributed by atoms with Crippen LogP contribution in [0.25, 0.3) is 0 Å². The average Bonchev–Trinajstić information content (AvgIpc) is 2.68. The minimum atomic E-state index is -0.477. The second kappa shape index (κ2) is 8.20. The van der Waals surface area contributed by atoms with Crippen LogP contribution in [0, 0.1) is 16.0 Å². The first kappa shape index (κ1) is 18.9. The molecule has 0 aromatic heterocycles. The normalized spacial score (nSPS) is 18.0. The first-order valence-electron chi connectivity index (χ1n) is 9.34. The van der Waals surface area contributed by atoms with Gasteiger partial charge in [0.25, 0.3) is 11.6 Å². The monoisotopic (exact) mass is 367 g/mol. The van der Waals surface area contributed by atoms with Crippen LogP contribution in [0.15, 0.2) is 48.5 Å². The van der Waals surface area contributed by atoms with Crippen LogP contribution in [-0.4, -0.2) is 23.9 Å². The third kappa shape index (κ3) is 4.64. The van der Waals surface area contributed by atoms with E-state index in [1.807, 2.05) is 6.92 Å². The molecule has 142 valence electrons. The van der Waals surface area contributed by atoms with Crippen molar-refractivity contribution in [2.45, 2.75) is 32.7 Å². The molecule has 1 heterocycles. The highest BCUT2D eigenvalue weighted by molar-refractivity contribution is 5.94. The van der Waals surface area contributed by atoms with Crippen LogP contribution in [0.2, 0.25) is 0 Å². The summed E-state index contributed by atoms with van der Waals surface area (Å²) in [6, 6.07) is 13.8. The maximum absolute atomic E-state index is 12.4. The number of hydrogen-bond acceptors (Lipinski definition) is 4. The molecule has 1 aliphatic heterocycles. The third-order valence-corrected chi connectivity index (χ3v) is 5.10. The van der Waals surface area contributed by atoms with Gasteiger partial charge in [-0.2, -0.15) is 0 Å². The Morgan fingerprint density at radius 3 is 2.44 bits per heavy atom. The lowest BCUT2D eigenvalue weighted by Gasteiger charge is -2.33. The van der Waals surface area contributed by atoms with Gasteiger partial charge in [0.15, 0.2) is 0 Å². The van der Waals surface area contributed by atoms with Crippen LogP contribution < -0.4 is 10.2 Å². The molecule has 2 aromatic rings. The van der Waals surface area contributed by atoms with Gasteiger partial charge in [0.2, 0.25) is 0 Å². The van der Waals surface area contributed by atoms with E-state index in [0.29, 0.717) is 5.56 Å². The number of non-ortho nitro benzene ring substituents is 1. The van der Waals surface area contributed by atoms with Gasteiger partial charge in [0.05, 0.1) is 11.0 Å². The Hall–Kier alpha value is -2.89. The van der Waals surface area contributed by atoms with Crippen molar-refractivity contribution in [2.75, 3.05) is 18.0 Å². The highest BCUT2D eigenvalue weighted by Gasteiger charge is 2.17. The lowest BCUT2D eigenvalue weighted by molar-refractivity contribution is -0.384. The molecule has 27 heavy (non-hydrogen) atoms. The smallest absolute Gasteiger partial charge is 0.269 e. The summed E-state index contributed by atoms with van der Waals surface area (Å²) < 4.78 is 0. The number of benzene rings is 2. The standard InChI is InChI=1S/C21H25N3O3/c1-15-4-3-13-23(14-15)19-9-5-17(6-10-19)16(2)22-21(25)18-7-11-20(12-8-18)24(26)27/h5-12,15-16H,3-4,13-14H2,1-2H3,(H,22,25)/t15-,16+/m1/s1. The van der Waals surface area contributed by atoms with Gasteiger partial charge < -0.3 is 10.2 Å². The van der Waals surface area contributed by atoms with Crippen LogP contribution in [-0.2, 0) is 0 Å². The Kier molecular flexibility index (Phi) is 5.74. The summed E-state index contributed by atoms with van der Waals surface area (Å²) in [5.41, 5.74) is 2.63. The van der Waals surface area contributed by atoms with E-state index in [2.05, 4.69) is 41.4 Å². The molecule has 0 aliphatic carbocycles. The SMILES string of the molecule is C[C@@H]1CCCN(c2ccc([C@H](C)NC(=O)c3ccc([N+](=O)[O-])cc3)cc2)C1. The number of nitro groups is 1. The van der Waals surface area contributed by atoms with E-state index in [9.17, 15) is 14.9 Å². The van der Waals surface area contributed by atoms with Crippen LogP contribution >= 0.6 is 0 Å². The maximum Gasteiger partial charge on any atom is 0.269 e. The fourth-order valence-corrected chi connectivity index (χ4v) is 3.50. The molecule has 1 N–H and O–H groups in total. The number of rotatable bonds is 5. The highest BCUT2D eigenvalue weighted by Crippen LogP contribution is 2.24. The fraction of sp³-hybridized carbons (Fsp3) is 0.381. The first-order chi connectivity index (χ1) is 12.9. The predicted molar refractivity (Wildman–Crippen MR) is 106 cm³/mol. The Balaban J connectivity index is 1.62. The molecule has 0 unspecified atom stereocenters. The lowest BCUT2D eigenvalue weighted by Crippen LogP contribution is -2.34. The van der Waals surface area contributed by atoms with Gasteiger partial charge in [-0.05, 0) is 55.5 Å². The predicted octanol–water partition coefficient (Wildman–Crippen LogP) is 4.32. The zero-order valence-corrected chi connectivity index (χ0v) is 15.7. The second-order valence-corrected chi connectivity index (χ2v) is 7.28. The molecule has 1 aliphatic rings. The van der Waals surface area contributed by atoms with Gasteiger partial charge in [0, 0.05) is 36.5 Å². The Bertz CT molecular complexity index is 802. The van der Waals surface area contributed by atoms with E-state index in [0.717, 1.165) is 24.6 Å². The molecule has 1 fully saturated rings. The summed E-state index contributed by atoms with van der Waals surface area (Å²) in [6.45, 7) is 6.40. The van der Waals surface area contributed by atoms with Gasteiger partial charge in [-0.15, -0.1) is 0 Å². The molecular weight excluding hydrogens is 342 g/mol. The van der Waals surface area contributed by atoms with Crippen molar-refractivity contribution in [2.24, 2.45) is 5.92 Å². The van der Waals surface area contributed by atoms with Gasteiger partial charge in [-0.3, -0.25) is 14.9 Å². The number of amides is 1. The number of carbonyl (C=O) groups is 1. The van der Waals surface area contributed by atoms with Crippen molar-refractivity contribution in [1.29, 1.82) is 0 Å². The van der Waals surface area contributed by atoms with Crippen molar-refractivity contribution in [3.63, 3.8) is 0 Å². The summed E-state index contributed by atoms with van der Waals surface area (Å²) >= 11 is 0. The second-order valence-electron chi connectivity index (χ2n) is 7.28. The fourth-order valence-electron chi connectivity index (χ4n) is 3.50. The number of nitrogens with zero attached hydrogens (tertiary/aromatic N) is 2. The third-order valence-electron chi connectivity index (χ3n) is 5.10. The number of carbonyl (C=O) groups excluding carboxylic acids is 1. The van der Waals surface area contributed by atoms with Crippen LogP contribution in [0.5, 0.6) is 0 Å². The van der Waals surface area contributed by atoms with Gasteiger partial charge in [-0.1, -0.05) is 19.1 Å². The van der Waals surface area contributed by atoms with Crippen LogP contribution in [0.1, 0.15) is 48.7 Å². The number of piperidine rings is 1. The maximum atomic E-state index is 12.4. The minimum Gasteiger partial charge on any atom is -0.371 e. The van der Waals surface area contributed by atoms with E-state index in [-0.39, 0.29) is 17.6 Å². The highest BCUT2D eigenvalue weighted by atomic mass is 16.6. The van der Waals surface area contributed by atoms with Crippen LogP contribution in [0.4, 0.5) is 11.4 Å². The van der Waals surface area contributed by atoms with E-state index in [1.54, 1.807) is 0 Å². The van der Waals surface area contributed by atoms with Crippen molar-refractivity contribution in [3.05, 3.63) is 69.8 Å². The lowest BCUT2D eigenvalue weighted by atomic mass is 9.99. The molecule has 0 radical (unpaired) electrons. The summed E-state index contributed by atoms with van der Waals surface area (Å²) in [5, 5.41) is 13.7. The zero-order valence-electron chi connectivity index (χ0n) is 15.7. The molecule has 2 atom stereocenters. The number of anilines is 1. The Labute approximate surface area is 159 Å². The minimum absolute atomic E-state index is 0.0257. The number of nitro benzene ring substituents is 1. The van der Waals surface area contributed by atoms with Gasteiger partial charge in [-0.25, -0.2) is 0 Å². The summed E-state index contributed by atoms with van der Waals surface area (Å²) in [5.74, 6) is 0.477. The topological polar surface area (TPSA) is 75.5 Å². The molecule has 0 spiro atoms. The van der Waals surface area contributed by atoms with Crippen molar-refractivity contribution >= 4 is 17.3 Å². The Morgan fingerprint density at radius 1 is 1.19 bits per heavy atom. The molecular formula is C21H25N3O3. The molecule has 6 heteroatoms. The summed E-state index contributed by atoms with van der Waals surface area (Å²) in [7, 11) is 0. The number of nitrogens with one attached hydrogen (secondary N) is 1. The van der Waals surface area contributed by atoms with Gasteiger partial charge in [0.1, 0.15) is 0 Å². The molecule has 0 bridgehead atoms. The molecule has 2 aromatic carbocycles. The number of hydrogen-bond donors (Lipinski definition) is 1. The molecule has 1 saturated heterocycles. The van der Waals surface area contributed by atoms with Gasteiger partial charge >= 0.3 is 0 Å². The van der Waals surface area contributed by atoms with E-state index in [4.69, 9.17) is 0 Å². The Morgan fingerprint density at radius 2 is 1.85 bits per heavy atom. The molecule has 3 rings (SSSR count). The summed E-state index contributed by atoms with van der Waals surface area (Å²) in [6.07, 6.45) is 2.52. The van der Waals surface area contributed by atoms with Crippen molar-refractivity contribution < 1.29 is 9.72 Å². The van der Waals surface area contributed by atoms with E-state index >= 15 is 0 Å². The van der Waals surface area contributed by atoms with E-state index in [1.165, 1.54) is 42.8 Å². The molecule has 0 saturated carbocycles. The van der Waals surface area contributed by atoms with Crippen LogP contribution in [0.3, 0.4) is 0 Å². The van der Waals surface area contributed by atoms with E-state index < -0.39 is 4.92 Å². The average molecular weight is 367 g/mol. The molecule has 6 nitrogen and oxygen atoms in total.